The maximum atomic E-state index is 11.6. The van der Waals surface area contributed by atoms with Crippen molar-refractivity contribution in [2.75, 3.05) is 6.61 Å². The second kappa shape index (κ2) is 10.6. The van der Waals surface area contributed by atoms with Gasteiger partial charge in [-0.2, -0.15) is 0 Å². The molecular formula is C14H19KO4. The Morgan fingerprint density at radius 3 is 2.16 bits per heavy atom. The second-order valence-corrected chi connectivity index (χ2v) is 4.08. The number of rotatable bonds is 7. The standard InChI is InChI=1S/C14H18O4.K.H/c1-2-3-4-5-10-18-14(17)12-8-6-11(7-9-12)13(15)16;;/h6-9H,2-5,10H2,1H3,(H,15,16);;. The number of ether oxygens (including phenoxy) is 1. The summed E-state index contributed by atoms with van der Waals surface area (Å²) in [6.45, 7) is 2.54. The van der Waals surface area contributed by atoms with Crippen LogP contribution in [0.15, 0.2) is 24.3 Å². The predicted molar refractivity (Wildman–Crippen MR) is 75.0 cm³/mol. The summed E-state index contributed by atoms with van der Waals surface area (Å²) in [7, 11) is 0. The average molecular weight is 290 g/mol. The molecule has 0 heterocycles. The molecule has 0 fully saturated rings. The molecule has 0 atom stereocenters. The Bertz CT molecular complexity index is 400. The van der Waals surface area contributed by atoms with Crippen LogP contribution < -0.4 is 0 Å². The average Bonchev–Trinajstić information content (AvgIpc) is 2.38. The molecule has 0 aliphatic heterocycles. The summed E-state index contributed by atoms with van der Waals surface area (Å²) in [5, 5.41) is 8.72. The van der Waals surface area contributed by atoms with Gasteiger partial charge in [-0.05, 0) is 30.7 Å². The molecule has 0 amide bonds. The molecule has 0 saturated heterocycles. The van der Waals surface area contributed by atoms with Gasteiger partial charge in [0.25, 0.3) is 0 Å². The predicted octanol–water partition coefficient (Wildman–Crippen LogP) is 2.47. The van der Waals surface area contributed by atoms with Gasteiger partial charge in [0.1, 0.15) is 0 Å². The monoisotopic (exact) mass is 290 g/mol. The van der Waals surface area contributed by atoms with Crippen LogP contribution >= 0.6 is 0 Å². The summed E-state index contributed by atoms with van der Waals surface area (Å²) in [6, 6.07) is 5.74. The van der Waals surface area contributed by atoms with E-state index >= 15 is 0 Å². The first-order valence-corrected chi connectivity index (χ1v) is 6.15. The van der Waals surface area contributed by atoms with Gasteiger partial charge in [-0.3, -0.25) is 0 Å². The number of carboxylic acid groups (broad SMARTS) is 1. The number of aromatic carboxylic acids is 1. The van der Waals surface area contributed by atoms with Gasteiger partial charge in [-0.1, -0.05) is 26.2 Å². The van der Waals surface area contributed by atoms with Crippen molar-refractivity contribution in [3.63, 3.8) is 0 Å². The van der Waals surface area contributed by atoms with Crippen LogP contribution in [-0.4, -0.2) is 75.0 Å². The Hall–Kier alpha value is -0.204. The van der Waals surface area contributed by atoms with Crippen molar-refractivity contribution in [1.82, 2.24) is 0 Å². The number of hydrogen-bond donors (Lipinski definition) is 1. The minimum absolute atomic E-state index is 0. The molecule has 0 aliphatic carbocycles. The van der Waals surface area contributed by atoms with E-state index in [1.54, 1.807) is 0 Å². The fraction of sp³-hybridized carbons (Fsp3) is 0.429. The van der Waals surface area contributed by atoms with Crippen molar-refractivity contribution in [3.05, 3.63) is 35.4 Å². The number of carbonyl (C=O) groups is 2. The fourth-order valence-corrected chi connectivity index (χ4v) is 1.53. The van der Waals surface area contributed by atoms with E-state index in [-0.39, 0.29) is 56.9 Å². The summed E-state index contributed by atoms with van der Waals surface area (Å²) >= 11 is 0. The Labute approximate surface area is 156 Å². The van der Waals surface area contributed by atoms with Gasteiger partial charge in [-0.15, -0.1) is 0 Å². The molecule has 0 unspecified atom stereocenters. The fourth-order valence-electron chi connectivity index (χ4n) is 1.53. The molecule has 1 aromatic carbocycles. The van der Waals surface area contributed by atoms with Crippen LogP contribution in [-0.2, 0) is 4.74 Å². The summed E-state index contributed by atoms with van der Waals surface area (Å²) in [5.74, 6) is -1.40. The number of unbranched alkanes of at least 4 members (excludes halogenated alkanes) is 3. The van der Waals surface area contributed by atoms with Crippen LogP contribution in [0.4, 0.5) is 0 Å². The first kappa shape index (κ1) is 18.8. The van der Waals surface area contributed by atoms with Crippen molar-refractivity contribution in [1.29, 1.82) is 0 Å². The third kappa shape index (κ3) is 7.22. The normalized spacial score (nSPS) is 9.53. The number of benzene rings is 1. The van der Waals surface area contributed by atoms with E-state index in [4.69, 9.17) is 9.84 Å². The quantitative estimate of drug-likeness (QED) is 0.476. The zero-order valence-electron chi connectivity index (χ0n) is 10.5. The Balaban J connectivity index is 0.00000324. The van der Waals surface area contributed by atoms with Crippen LogP contribution in [0.25, 0.3) is 0 Å². The van der Waals surface area contributed by atoms with Crippen LogP contribution in [0.1, 0.15) is 53.3 Å². The third-order valence-electron chi connectivity index (χ3n) is 2.60. The topological polar surface area (TPSA) is 63.6 Å². The molecule has 1 rings (SSSR count). The van der Waals surface area contributed by atoms with E-state index < -0.39 is 11.9 Å². The zero-order chi connectivity index (χ0) is 13.4. The number of carbonyl (C=O) groups excluding carboxylic acids is 1. The molecule has 0 aliphatic rings. The summed E-state index contributed by atoms with van der Waals surface area (Å²) in [4.78, 5) is 22.2. The molecule has 4 nitrogen and oxygen atoms in total. The minimum atomic E-state index is -1.01. The first-order chi connectivity index (χ1) is 8.65. The van der Waals surface area contributed by atoms with Gasteiger partial charge in [0.2, 0.25) is 0 Å². The van der Waals surface area contributed by atoms with E-state index in [2.05, 4.69) is 6.92 Å². The Morgan fingerprint density at radius 1 is 1.05 bits per heavy atom. The third-order valence-corrected chi connectivity index (χ3v) is 2.60. The molecule has 0 radical (unpaired) electrons. The van der Waals surface area contributed by atoms with E-state index in [1.165, 1.54) is 24.3 Å². The van der Waals surface area contributed by atoms with Crippen LogP contribution in [0.3, 0.4) is 0 Å². The van der Waals surface area contributed by atoms with E-state index in [9.17, 15) is 9.59 Å². The van der Waals surface area contributed by atoms with Gasteiger partial charge in [0, 0.05) is 0 Å². The van der Waals surface area contributed by atoms with E-state index in [1.807, 2.05) is 0 Å². The number of carboxylic acids is 1. The molecule has 1 N–H and O–H groups in total. The molecular weight excluding hydrogens is 271 g/mol. The molecule has 100 valence electrons. The summed E-state index contributed by atoms with van der Waals surface area (Å²) < 4.78 is 5.09. The van der Waals surface area contributed by atoms with Crippen molar-refractivity contribution < 1.29 is 19.4 Å². The second-order valence-electron chi connectivity index (χ2n) is 4.08. The van der Waals surface area contributed by atoms with Crippen molar-refractivity contribution >= 4 is 63.3 Å². The van der Waals surface area contributed by atoms with Crippen molar-refractivity contribution in [2.45, 2.75) is 32.6 Å². The Kier molecular flexibility index (Phi) is 10.5. The van der Waals surface area contributed by atoms with Gasteiger partial charge in [-0.25, -0.2) is 9.59 Å². The van der Waals surface area contributed by atoms with Gasteiger partial charge in [0.15, 0.2) is 0 Å². The van der Waals surface area contributed by atoms with Gasteiger partial charge < -0.3 is 9.84 Å². The first-order valence-electron chi connectivity index (χ1n) is 6.15. The molecule has 0 bridgehead atoms. The summed E-state index contributed by atoms with van der Waals surface area (Å²) in [5.41, 5.74) is 0.546. The van der Waals surface area contributed by atoms with E-state index in [0.717, 1.165) is 25.7 Å². The van der Waals surface area contributed by atoms with Crippen LogP contribution in [0.2, 0.25) is 0 Å². The molecule has 5 heteroatoms. The van der Waals surface area contributed by atoms with Gasteiger partial charge in [0.05, 0.1) is 17.7 Å². The zero-order valence-corrected chi connectivity index (χ0v) is 10.5. The summed E-state index contributed by atoms with van der Waals surface area (Å²) in [6.07, 6.45) is 4.21. The Morgan fingerprint density at radius 2 is 1.63 bits per heavy atom. The molecule has 19 heavy (non-hydrogen) atoms. The van der Waals surface area contributed by atoms with Gasteiger partial charge >= 0.3 is 63.3 Å². The number of hydrogen-bond acceptors (Lipinski definition) is 3. The molecule has 0 saturated carbocycles. The maximum absolute atomic E-state index is 11.6. The molecule has 0 spiro atoms. The number of esters is 1. The van der Waals surface area contributed by atoms with Crippen LogP contribution in [0.5, 0.6) is 0 Å². The molecule has 1 aromatic rings. The van der Waals surface area contributed by atoms with E-state index in [0.29, 0.717) is 12.2 Å². The molecule has 0 aromatic heterocycles. The van der Waals surface area contributed by atoms with Crippen molar-refractivity contribution in [2.24, 2.45) is 0 Å². The van der Waals surface area contributed by atoms with Crippen molar-refractivity contribution in [3.8, 4) is 0 Å². The SMILES string of the molecule is CCCCCCOC(=O)c1ccc(C(=O)O)cc1.[KH]. The van der Waals surface area contributed by atoms with Crippen LogP contribution in [0, 0.1) is 0 Å².